The number of morpholine rings is 1. The first-order chi connectivity index (χ1) is 13.9. The molecular formula is C20H18ClN3O5. The molecular weight excluding hydrogens is 398 g/mol. The summed E-state index contributed by atoms with van der Waals surface area (Å²) in [5, 5.41) is 2.59. The van der Waals surface area contributed by atoms with E-state index in [4.69, 9.17) is 20.8 Å². The minimum atomic E-state index is -0.828. The highest BCUT2D eigenvalue weighted by Gasteiger charge is 2.37. The van der Waals surface area contributed by atoms with Gasteiger partial charge in [0.1, 0.15) is 11.3 Å². The van der Waals surface area contributed by atoms with Crippen molar-refractivity contribution >= 4 is 47.1 Å². The molecule has 1 N–H and O–H groups in total. The molecule has 2 aliphatic heterocycles. The number of rotatable bonds is 3. The van der Waals surface area contributed by atoms with Crippen LogP contribution >= 0.6 is 11.6 Å². The fraction of sp³-hybridized carbons (Fsp3) is 0.250. The van der Waals surface area contributed by atoms with E-state index in [0.717, 1.165) is 10.5 Å². The zero-order valence-corrected chi connectivity index (χ0v) is 16.4. The Morgan fingerprint density at radius 2 is 1.86 bits per heavy atom. The molecule has 0 atom stereocenters. The predicted molar refractivity (Wildman–Crippen MR) is 107 cm³/mol. The number of aryl methyl sites for hydroxylation is 1. The van der Waals surface area contributed by atoms with Crippen molar-refractivity contribution in [3.8, 4) is 0 Å². The number of barbiturate groups is 1. The second-order valence-electron chi connectivity index (χ2n) is 6.67. The SMILES string of the molecule is Cc1ccc(N2C(=O)NC(=O)/C(=C/c3ccc(N4CCOCC4)o3)C2=O)cc1Cl. The number of carbonyl (C=O) groups is 3. The van der Waals surface area contributed by atoms with Crippen molar-refractivity contribution in [1.29, 1.82) is 0 Å². The number of hydrogen-bond acceptors (Lipinski definition) is 6. The van der Waals surface area contributed by atoms with Gasteiger partial charge >= 0.3 is 6.03 Å². The number of furan rings is 1. The van der Waals surface area contributed by atoms with Gasteiger partial charge in [-0.25, -0.2) is 9.69 Å². The lowest BCUT2D eigenvalue weighted by Crippen LogP contribution is -2.54. The number of nitrogens with one attached hydrogen (secondary N) is 1. The highest BCUT2D eigenvalue weighted by molar-refractivity contribution is 6.39. The fourth-order valence-electron chi connectivity index (χ4n) is 3.13. The van der Waals surface area contributed by atoms with E-state index in [1.54, 1.807) is 24.3 Å². The molecule has 0 radical (unpaired) electrons. The summed E-state index contributed by atoms with van der Waals surface area (Å²) in [5.74, 6) is -0.565. The Morgan fingerprint density at radius 3 is 2.59 bits per heavy atom. The maximum Gasteiger partial charge on any atom is 0.335 e. The van der Waals surface area contributed by atoms with E-state index in [0.29, 0.717) is 43.0 Å². The largest absolute Gasteiger partial charge is 0.441 e. The van der Waals surface area contributed by atoms with Gasteiger partial charge in [0.15, 0.2) is 5.88 Å². The number of ether oxygens (including phenoxy) is 1. The Hall–Kier alpha value is -3.10. The molecule has 0 saturated carbocycles. The van der Waals surface area contributed by atoms with E-state index in [2.05, 4.69) is 5.32 Å². The summed E-state index contributed by atoms with van der Waals surface area (Å²) in [4.78, 5) is 40.4. The van der Waals surface area contributed by atoms with Crippen LogP contribution in [0.4, 0.5) is 16.4 Å². The van der Waals surface area contributed by atoms with Crippen LogP contribution in [0.1, 0.15) is 11.3 Å². The standard InChI is InChI=1S/C20H18ClN3O5/c1-12-2-3-13(10-16(12)21)24-19(26)15(18(25)22-20(24)27)11-14-4-5-17(29-14)23-6-8-28-9-7-23/h2-5,10-11H,6-9H2,1H3,(H,22,25,27)/b15-11-. The molecule has 29 heavy (non-hydrogen) atoms. The number of halogens is 1. The second kappa shape index (κ2) is 7.73. The summed E-state index contributed by atoms with van der Waals surface area (Å²) in [6.45, 7) is 4.41. The summed E-state index contributed by atoms with van der Waals surface area (Å²) >= 11 is 6.12. The number of benzene rings is 1. The summed E-state index contributed by atoms with van der Waals surface area (Å²) in [7, 11) is 0. The topological polar surface area (TPSA) is 92.1 Å². The average molecular weight is 416 g/mol. The van der Waals surface area contributed by atoms with Gasteiger partial charge < -0.3 is 14.1 Å². The van der Waals surface area contributed by atoms with Gasteiger partial charge in [0.25, 0.3) is 11.8 Å². The maximum absolute atomic E-state index is 12.9. The minimum Gasteiger partial charge on any atom is -0.441 e. The second-order valence-corrected chi connectivity index (χ2v) is 7.07. The molecule has 1 aromatic carbocycles. The Labute approximate surface area is 171 Å². The Balaban J connectivity index is 1.63. The quantitative estimate of drug-likeness (QED) is 0.612. The maximum atomic E-state index is 12.9. The molecule has 2 aliphatic rings. The first-order valence-corrected chi connectivity index (χ1v) is 9.42. The van der Waals surface area contributed by atoms with E-state index in [-0.39, 0.29) is 11.3 Å². The van der Waals surface area contributed by atoms with Gasteiger partial charge in [0.05, 0.1) is 18.9 Å². The zero-order chi connectivity index (χ0) is 20.5. The summed E-state index contributed by atoms with van der Waals surface area (Å²) in [6, 6.07) is 7.40. The van der Waals surface area contributed by atoms with Crippen LogP contribution < -0.4 is 15.1 Å². The summed E-state index contributed by atoms with van der Waals surface area (Å²) < 4.78 is 11.1. The normalized spacial score (nSPS) is 19.1. The van der Waals surface area contributed by atoms with Crippen LogP contribution in [0.2, 0.25) is 5.02 Å². The van der Waals surface area contributed by atoms with E-state index in [1.807, 2.05) is 11.8 Å². The van der Waals surface area contributed by atoms with Crippen LogP contribution in [0.15, 0.2) is 40.3 Å². The molecule has 2 fully saturated rings. The van der Waals surface area contributed by atoms with Crippen molar-refractivity contribution in [2.24, 2.45) is 0 Å². The lowest BCUT2D eigenvalue weighted by atomic mass is 10.1. The molecule has 8 nitrogen and oxygen atoms in total. The van der Waals surface area contributed by atoms with Crippen LogP contribution in [-0.2, 0) is 14.3 Å². The molecule has 1 aromatic heterocycles. The van der Waals surface area contributed by atoms with Crippen molar-refractivity contribution in [2.45, 2.75) is 6.92 Å². The molecule has 0 bridgehead atoms. The van der Waals surface area contributed by atoms with Crippen LogP contribution in [-0.4, -0.2) is 44.1 Å². The van der Waals surface area contributed by atoms with Crippen LogP contribution in [0.5, 0.6) is 0 Å². The molecule has 2 aromatic rings. The highest BCUT2D eigenvalue weighted by atomic mass is 35.5. The number of carbonyl (C=O) groups excluding carboxylic acids is 3. The fourth-order valence-corrected chi connectivity index (χ4v) is 3.30. The third-order valence-corrected chi connectivity index (χ3v) is 5.14. The van der Waals surface area contributed by atoms with Gasteiger partial charge in [-0.05, 0) is 36.8 Å². The average Bonchev–Trinajstić information content (AvgIpc) is 3.17. The molecule has 3 heterocycles. The van der Waals surface area contributed by atoms with Gasteiger partial charge in [-0.1, -0.05) is 17.7 Å². The Morgan fingerprint density at radius 1 is 1.10 bits per heavy atom. The molecule has 0 spiro atoms. The smallest absolute Gasteiger partial charge is 0.335 e. The number of nitrogens with zero attached hydrogens (tertiary/aromatic N) is 2. The van der Waals surface area contributed by atoms with E-state index in [9.17, 15) is 14.4 Å². The van der Waals surface area contributed by atoms with Crippen molar-refractivity contribution < 1.29 is 23.5 Å². The van der Waals surface area contributed by atoms with Crippen molar-refractivity contribution in [1.82, 2.24) is 5.32 Å². The summed E-state index contributed by atoms with van der Waals surface area (Å²) in [6.07, 6.45) is 1.33. The van der Waals surface area contributed by atoms with E-state index < -0.39 is 17.8 Å². The number of urea groups is 1. The van der Waals surface area contributed by atoms with Gasteiger partial charge in [-0.15, -0.1) is 0 Å². The van der Waals surface area contributed by atoms with Crippen molar-refractivity contribution in [3.05, 3.63) is 52.3 Å². The van der Waals surface area contributed by atoms with Crippen LogP contribution in [0, 0.1) is 6.92 Å². The van der Waals surface area contributed by atoms with Gasteiger partial charge in [-0.3, -0.25) is 14.9 Å². The Kier molecular flexibility index (Phi) is 5.12. The number of hydrogen-bond donors (Lipinski definition) is 1. The first kappa shape index (κ1) is 19.2. The number of imide groups is 2. The van der Waals surface area contributed by atoms with E-state index >= 15 is 0 Å². The Bertz CT molecular complexity index is 1020. The molecule has 0 unspecified atom stereocenters. The van der Waals surface area contributed by atoms with Crippen LogP contribution in [0.25, 0.3) is 6.08 Å². The van der Waals surface area contributed by atoms with Gasteiger partial charge in [0.2, 0.25) is 0 Å². The van der Waals surface area contributed by atoms with Crippen molar-refractivity contribution in [2.75, 3.05) is 36.1 Å². The van der Waals surface area contributed by atoms with Gasteiger partial charge in [0, 0.05) is 24.2 Å². The van der Waals surface area contributed by atoms with Gasteiger partial charge in [-0.2, -0.15) is 0 Å². The minimum absolute atomic E-state index is 0.204. The van der Waals surface area contributed by atoms with Crippen LogP contribution in [0.3, 0.4) is 0 Å². The molecule has 4 rings (SSSR count). The predicted octanol–water partition coefficient (Wildman–Crippen LogP) is 2.74. The van der Waals surface area contributed by atoms with Crippen molar-refractivity contribution in [3.63, 3.8) is 0 Å². The molecule has 0 aliphatic carbocycles. The van der Waals surface area contributed by atoms with E-state index in [1.165, 1.54) is 12.1 Å². The number of anilines is 2. The monoisotopic (exact) mass is 415 g/mol. The molecule has 150 valence electrons. The molecule has 4 amide bonds. The molecule has 9 heteroatoms. The molecule has 2 saturated heterocycles. The zero-order valence-electron chi connectivity index (χ0n) is 15.6. The highest BCUT2D eigenvalue weighted by Crippen LogP contribution is 2.27. The first-order valence-electron chi connectivity index (χ1n) is 9.04. The third kappa shape index (κ3) is 3.76. The lowest BCUT2D eigenvalue weighted by Gasteiger charge is -2.26. The summed E-state index contributed by atoms with van der Waals surface area (Å²) in [5.41, 5.74) is 0.873. The third-order valence-electron chi connectivity index (χ3n) is 4.74. The number of amides is 4. The lowest BCUT2D eigenvalue weighted by molar-refractivity contribution is -0.122.